The molecule has 1 aliphatic rings. The Morgan fingerprint density at radius 2 is 1.44 bits per heavy atom. The highest BCUT2D eigenvalue weighted by atomic mass is 16.3. The zero-order chi connectivity index (χ0) is 18.6. The Bertz CT molecular complexity index is 886. The normalized spacial score (nSPS) is 20.0. The smallest absolute Gasteiger partial charge is 0.116 e. The van der Waals surface area contributed by atoms with Crippen LogP contribution in [0.4, 0.5) is 0 Å². The number of rotatable bonds is 5. The molecule has 0 aliphatic heterocycles. The number of benzene rings is 3. The molecule has 1 nitrogen and oxygen atoms in total. The van der Waals surface area contributed by atoms with Crippen LogP contribution in [0, 0.1) is 5.92 Å². The molecule has 4 rings (SSSR count). The Balaban J connectivity index is 1.45. The molecule has 0 heterocycles. The lowest BCUT2D eigenvalue weighted by molar-refractivity contribution is 0.304. The largest absolute Gasteiger partial charge is 0.508 e. The minimum atomic E-state index is 0.323. The molecule has 0 bridgehead atoms. The maximum atomic E-state index is 9.63. The van der Waals surface area contributed by atoms with E-state index >= 15 is 0 Å². The highest BCUT2D eigenvalue weighted by Gasteiger charge is 2.21. The molecule has 0 spiro atoms. The van der Waals surface area contributed by atoms with Gasteiger partial charge in [-0.05, 0) is 83.2 Å². The van der Waals surface area contributed by atoms with Gasteiger partial charge in [0.05, 0.1) is 0 Å². The molecule has 1 saturated carbocycles. The van der Waals surface area contributed by atoms with Gasteiger partial charge in [0.15, 0.2) is 0 Å². The lowest BCUT2D eigenvalue weighted by atomic mass is 9.77. The van der Waals surface area contributed by atoms with Crippen molar-refractivity contribution in [3.63, 3.8) is 0 Å². The van der Waals surface area contributed by atoms with E-state index in [9.17, 15) is 5.11 Å². The van der Waals surface area contributed by atoms with Crippen molar-refractivity contribution in [1.29, 1.82) is 0 Å². The molecule has 0 radical (unpaired) electrons. The molecule has 3 aromatic rings. The number of hydrogen-bond donors (Lipinski definition) is 1. The van der Waals surface area contributed by atoms with Crippen molar-refractivity contribution in [2.75, 3.05) is 0 Å². The number of phenolic OH excluding ortho intramolecular Hbond substituents is 1. The van der Waals surface area contributed by atoms with Crippen LogP contribution >= 0.6 is 0 Å². The summed E-state index contributed by atoms with van der Waals surface area (Å²) in [5, 5.41) is 11.9. The number of hydrogen-bond acceptors (Lipinski definition) is 1. The van der Waals surface area contributed by atoms with Crippen molar-refractivity contribution in [3.8, 4) is 16.9 Å². The Kier molecular flexibility index (Phi) is 5.48. The van der Waals surface area contributed by atoms with Crippen LogP contribution in [0.2, 0.25) is 0 Å². The third kappa shape index (κ3) is 4.18. The minimum Gasteiger partial charge on any atom is -0.508 e. The van der Waals surface area contributed by atoms with Crippen molar-refractivity contribution in [2.45, 2.75) is 57.8 Å². The summed E-state index contributed by atoms with van der Waals surface area (Å²) in [7, 11) is 0. The molecule has 0 atom stereocenters. The fraction of sp³-hybridized carbons (Fsp3) is 0.385. The standard InChI is InChI=1S/C26H30O/c1-2-3-4-19-5-7-20(8-6-19)21-9-11-22(12-10-21)23-13-14-25-18-26(27)16-15-24(25)17-23/h9-20,27H,2-8H2,1H3. The number of unbranched alkanes of at least 4 members (excludes halogenated alkanes) is 1. The average molecular weight is 359 g/mol. The first-order valence-corrected chi connectivity index (χ1v) is 10.6. The fourth-order valence-electron chi connectivity index (χ4n) is 4.64. The lowest BCUT2D eigenvalue weighted by Gasteiger charge is -2.29. The number of phenols is 1. The summed E-state index contributed by atoms with van der Waals surface area (Å²) in [4.78, 5) is 0. The summed E-state index contributed by atoms with van der Waals surface area (Å²) >= 11 is 0. The third-order valence-corrected chi connectivity index (χ3v) is 6.35. The molecule has 1 heteroatoms. The first-order valence-electron chi connectivity index (χ1n) is 10.6. The molecule has 0 unspecified atom stereocenters. The van der Waals surface area contributed by atoms with E-state index in [1.807, 2.05) is 12.1 Å². The summed E-state index contributed by atoms with van der Waals surface area (Å²) in [5.74, 6) is 2.04. The molecule has 1 fully saturated rings. The van der Waals surface area contributed by atoms with E-state index in [0.29, 0.717) is 5.75 Å². The van der Waals surface area contributed by atoms with Crippen LogP contribution in [-0.4, -0.2) is 5.11 Å². The molecule has 1 N–H and O–H groups in total. The van der Waals surface area contributed by atoms with Crippen LogP contribution in [0.25, 0.3) is 21.9 Å². The van der Waals surface area contributed by atoms with E-state index in [1.165, 1.54) is 67.0 Å². The first kappa shape index (κ1) is 18.1. The fourth-order valence-corrected chi connectivity index (χ4v) is 4.64. The lowest BCUT2D eigenvalue weighted by Crippen LogP contribution is -2.13. The molecule has 1 aliphatic carbocycles. The Morgan fingerprint density at radius 1 is 0.778 bits per heavy atom. The van der Waals surface area contributed by atoms with E-state index in [1.54, 1.807) is 6.07 Å². The van der Waals surface area contributed by atoms with E-state index in [4.69, 9.17) is 0 Å². The zero-order valence-electron chi connectivity index (χ0n) is 16.3. The van der Waals surface area contributed by atoms with Gasteiger partial charge >= 0.3 is 0 Å². The Hall–Kier alpha value is -2.28. The zero-order valence-corrected chi connectivity index (χ0v) is 16.3. The monoisotopic (exact) mass is 358 g/mol. The molecular weight excluding hydrogens is 328 g/mol. The first-order chi connectivity index (χ1) is 13.2. The van der Waals surface area contributed by atoms with Gasteiger partial charge in [-0.15, -0.1) is 0 Å². The van der Waals surface area contributed by atoms with Crippen LogP contribution < -0.4 is 0 Å². The van der Waals surface area contributed by atoms with Gasteiger partial charge in [0.1, 0.15) is 5.75 Å². The van der Waals surface area contributed by atoms with Crippen LogP contribution in [0.3, 0.4) is 0 Å². The van der Waals surface area contributed by atoms with Crippen molar-refractivity contribution in [1.82, 2.24) is 0 Å². The van der Waals surface area contributed by atoms with Crippen molar-refractivity contribution in [3.05, 3.63) is 66.2 Å². The number of fused-ring (bicyclic) bond motifs is 1. The molecular formula is C26H30O. The van der Waals surface area contributed by atoms with Crippen molar-refractivity contribution >= 4 is 10.8 Å². The second-order valence-electron chi connectivity index (χ2n) is 8.23. The van der Waals surface area contributed by atoms with E-state index in [2.05, 4.69) is 49.4 Å². The van der Waals surface area contributed by atoms with E-state index in [-0.39, 0.29) is 0 Å². The topological polar surface area (TPSA) is 20.2 Å². The second-order valence-corrected chi connectivity index (χ2v) is 8.23. The predicted molar refractivity (Wildman–Crippen MR) is 115 cm³/mol. The van der Waals surface area contributed by atoms with Gasteiger partial charge in [-0.1, -0.05) is 68.7 Å². The summed E-state index contributed by atoms with van der Waals surface area (Å²) < 4.78 is 0. The van der Waals surface area contributed by atoms with Gasteiger partial charge < -0.3 is 5.11 Å². The second kappa shape index (κ2) is 8.17. The van der Waals surface area contributed by atoms with Gasteiger partial charge in [-0.2, -0.15) is 0 Å². The van der Waals surface area contributed by atoms with E-state index < -0.39 is 0 Å². The van der Waals surface area contributed by atoms with Crippen LogP contribution in [0.15, 0.2) is 60.7 Å². The maximum Gasteiger partial charge on any atom is 0.116 e. The van der Waals surface area contributed by atoms with Gasteiger partial charge in [0.2, 0.25) is 0 Å². The van der Waals surface area contributed by atoms with Crippen molar-refractivity contribution in [2.24, 2.45) is 5.92 Å². The van der Waals surface area contributed by atoms with Crippen LogP contribution in [0.5, 0.6) is 5.75 Å². The average Bonchev–Trinajstić information content (AvgIpc) is 2.72. The maximum absolute atomic E-state index is 9.63. The summed E-state index contributed by atoms with van der Waals surface area (Å²) in [6.07, 6.45) is 9.68. The molecule has 0 aromatic heterocycles. The highest BCUT2D eigenvalue weighted by molar-refractivity contribution is 5.88. The molecule has 140 valence electrons. The summed E-state index contributed by atoms with van der Waals surface area (Å²) in [6, 6.07) is 21.2. The van der Waals surface area contributed by atoms with Crippen LogP contribution in [-0.2, 0) is 0 Å². The van der Waals surface area contributed by atoms with Crippen molar-refractivity contribution < 1.29 is 5.11 Å². The van der Waals surface area contributed by atoms with E-state index in [0.717, 1.165) is 17.2 Å². The van der Waals surface area contributed by atoms with Gasteiger partial charge in [-0.25, -0.2) is 0 Å². The number of aromatic hydroxyl groups is 1. The van der Waals surface area contributed by atoms with Gasteiger partial charge in [0.25, 0.3) is 0 Å². The third-order valence-electron chi connectivity index (χ3n) is 6.35. The van der Waals surface area contributed by atoms with Crippen LogP contribution in [0.1, 0.15) is 63.4 Å². The SMILES string of the molecule is CCCCC1CCC(c2ccc(-c3ccc4cc(O)ccc4c3)cc2)CC1. The predicted octanol–water partition coefficient (Wildman–Crippen LogP) is 7.68. The molecule has 0 saturated heterocycles. The molecule has 27 heavy (non-hydrogen) atoms. The summed E-state index contributed by atoms with van der Waals surface area (Å²) in [5.41, 5.74) is 4.02. The quantitative estimate of drug-likeness (QED) is 0.496. The van der Waals surface area contributed by atoms with Gasteiger partial charge in [0, 0.05) is 0 Å². The summed E-state index contributed by atoms with van der Waals surface area (Å²) in [6.45, 7) is 2.30. The molecule has 0 amide bonds. The highest BCUT2D eigenvalue weighted by Crippen LogP contribution is 2.38. The molecule has 3 aromatic carbocycles. The Labute approximate surface area is 163 Å². The van der Waals surface area contributed by atoms with Gasteiger partial charge in [-0.3, -0.25) is 0 Å². The Morgan fingerprint density at radius 3 is 2.19 bits per heavy atom. The minimum absolute atomic E-state index is 0.323.